The average Bonchev–Trinajstić information content (AvgIpc) is 2.37. The standard InChI is InChI=1S/C14H13ClFNO2/c1-9(18)11-2-3-14(13(15)5-11)19-8-10-4-12(16)7-17-6-10/h2-7,9,18H,8H2,1H3/t9-/m1/s1. The molecule has 3 nitrogen and oxygen atoms in total. The minimum atomic E-state index is -0.584. The zero-order valence-corrected chi connectivity index (χ0v) is 11.1. The van der Waals surface area contributed by atoms with E-state index in [1.807, 2.05) is 0 Å². The molecule has 0 aliphatic rings. The summed E-state index contributed by atoms with van der Waals surface area (Å²) in [7, 11) is 0. The summed E-state index contributed by atoms with van der Waals surface area (Å²) in [4.78, 5) is 3.74. The van der Waals surface area contributed by atoms with Crippen LogP contribution >= 0.6 is 11.6 Å². The Morgan fingerprint density at radius 2 is 2.16 bits per heavy atom. The Balaban J connectivity index is 2.07. The van der Waals surface area contributed by atoms with Gasteiger partial charge in [0.05, 0.1) is 17.3 Å². The van der Waals surface area contributed by atoms with Crippen LogP contribution in [-0.2, 0) is 6.61 Å². The van der Waals surface area contributed by atoms with E-state index in [9.17, 15) is 9.50 Å². The van der Waals surface area contributed by atoms with Gasteiger partial charge in [-0.1, -0.05) is 17.7 Å². The van der Waals surface area contributed by atoms with E-state index in [0.29, 0.717) is 21.9 Å². The van der Waals surface area contributed by atoms with Crippen LogP contribution in [0.2, 0.25) is 5.02 Å². The van der Waals surface area contributed by atoms with E-state index in [1.165, 1.54) is 12.3 Å². The molecule has 1 aromatic heterocycles. The molecule has 0 saturated heterocycles. The molecule has 0 amide bonds. The van der Waals surface area contributed by atoms with Crippen molar-refractivity contribution >= 4 is 11.6 Å². The Bertz CT molecular complexity index is 575. The predicted octanol–water partition coefficient (Wildman–Crippen LogP) is 3.51. The molecule has 2 aromatic rings. The molecule has 1 heterocycles. The Hall–Kier alpha value is -1.65. The minimum Gasteiger partial charge on any atom is -0.487 e. The highest BCUT2D eigenvalue weighted by Gasteiger charge is 2.07. The Labute approximate surface area is 115 Å². The molecule has 0 bridgehead atoms. The van der Waals surface area contributed by atoms with Gasteiger partial charge in [-0.15, -0.1) is 0 Å². The molecule has 5 heteroatoms. The van der Waals surface area contributed by atoms with Crippen molar-refractivity contribution in [3.05, 3.63) is 58.6 Å². The van der Waals surface area contributed by atoms with Gasteiger partial charge in [0.25, 0.3) is 0 Å². The fourth-order valence-electron chi connectivity index (χ4n) is 1.59. The zero-order chi connectivity index (χ0) is 13.8. The maximum absolute atomic E-state index is 12.9. The van der Waals surface area contributed by atoms with E-state index >= 15 is 0 Å². The van der Waals surface area contributed by atoms with E-state index in [4.69, 9.17) is 16.3 Å². The number of nitrogens with zero attached hydrogens (tertiary/aromatic N) is 1. The van der Waals surface area contributed by atoms with Gasteiger partial charge in [-0.25, -0.2) is 4.39 Å². The lowest BCUT2D eigenvalue weighted by Gasteiger charge is -2.10. The molecule has 1 N–H and O–H groups in total. The molecule has 0 fully saturated rings. The van der Waals surface area contributed by atoms with Crippen molar-refractivity contribution < 1.29 is 14.2 Å². The predicted molar refractivity (Wildman–Crippen MR) is 70.6 cm³/mol. The van der Waals surface area contributed by atoms with Crippen LogP contribution in [0.25, 0.3) is 0 Å². The molecule has 2 rings (SSSR count). The van der Waals surface area contributed by atoms with Crippen LogP contribution < -0.4 is 4.74 Å². The largest absolute Gasteiger partial charge is 0.487 e. The topological polar surface area (TPSA) is 42.4 Å². The lowest BCUT2D eigenvalue weighted by molar-refractivity contribution is 0.199. The molecule has 0 radical (unpaired) electrons. The van der Waals surface area contributed by atoms with Gasteiger partial charge in [0.15, 0.2) is 0 Å². The SMILES string of the molecule is C[C@@H](O)c1ccc(OCc2cncc(F)c2)c(Cl)c1. The van der Waals surface area contributed by atoms with Crippen molar-refractivity contribution in [2.24, 2.45) is 0 Å². The monoisotopic (exact) mass is 281 g/mol. The number of aromatic nitrogens is 1. The van der Waals surface area contributed by atoms with Gasteiger partial charge in [-0.3, -0.25) is 4.98 Å². The second-order valence-corrected chi connectivity index (χ2v) is 4.57. The van der Waals surface area contributed by atoms with Crippen LogP contribution in [0, 0.1) is 5.82 Å². The summed E-state index contributed by atoms with van der Waals surface area (Å²) >= 11 is 6.05. The first-order chi connectivity index (χ1) is 9.06. The molecule has 0 unspecified atom stereocenters. The number of rotatable bonds is 4. The number of hydrogen-bond donors (Lipinski definition) is 1. The first-order valence-electron chi connectivity index (χ1n) is 5.76. The molecular formula is C14H13ClFNO2. The highest BCUT2D eigenvalue weighted by Crippen LogP contribution is 2.28. The second-order valence-electron chi connectivity index (χ2n) is 4.17. The summed E-state index contributed by atoms with van der Waals surface area (Å²) < 4.78 is 18.4. The van der Waals surface area contributed by atoms with Crippen molar-refractivity contribution in [1.29, 1.82) is 0 Å². The molecule has 100 valence electrons. The third-order valence-corrected chi connectivity index (χ3v) is 2.89. The van der Waals surface area contributed by atoms with E-state index in [0.717, 1.165) is 6.20 Å². The molecular weight excluding hydrogens is 269 g/mol. The normalized spacial score (nSPS) is 12.2. The summed E-state index contributed by atoms with van der Waals surface area (Å²) in [5.74, 6) is 0.0759. The van der Waals surface area contributed by atoms with Crippen LogP contribution in [-0.4, -0.2) is 10.1 Å². The molecule has 19 heavy (non-hydrogen) atoms. The van der Waals surface area contributed by atoms with Crippen molar-refractivity contribution in [3.8, 4) is 5.75 Å². The summed E-state index contributed by atoms with van der Waals surface area (Å²) in [6.45, 7) is 1.84. The van der Waals surface area contributed by atoms with Crippen LogP contribution in [0.4, 0.5) is 4.39 Å². The lowest BCUT2D eigenvalue weighted by Crippen LogP contribution is -1.98. The molecule has 0 spiro atoms. The average molecular weight is 282 g/mol. The Morgan fingerprint density at radius 3 is 2.79 bits per heavy atom. The summed E-state index contributed by atoms with van der Waals surface area (Å²) in [5.41, 5.74) is 1.33. The van der Waals surface area contributed by atoms with Crippen LogP contribution in [0.3, 0.4) is 0 Å². The highest BCUT2D eigenvalue weighted by atomic mass is 35.5. The molecule has 1 atom stereocenters. The van der Waals surface area contributed by atoms with E-state index in [-0.39, 0.29) is 6.61 Å². The quantitative estimate of drug-likeness (QED) is 0.932. The first kappa shape index (κ1) is 13.8. The van der Waals surface area contributed by atoms with Crippen LogP contribution in [0.5, 0.6) is 5.75 Å². The highest BCUT2D eigenvalue weighted by molar-refractivity contribution is 6.32. The van der Waals surface area contributed by atoms with Crippen molar-refractivity contribution in [3.63, 3.8) is 0 Å². The zero-order valence-electron chi connectivity index (χ0n) is 10.3. The van der Waals surface area contributed by atoms with Crippen molar-refractivity contribution in [2.45, 2.75) is 19.6 Å². The Morgan fingerprint density at radius 1 is 1.37 bits per heavy atom. The van der Waals surface area contributed by atoms with E-state index < -0.39 is 11.9 Å². The van der Waals surface area contributed by atoms with Gasteiger partial charge >= 0.3 is 0 Å². The number of aliphatic hydroxyl groups is 1. The maximum Gasteiger partial charge on any atom is 0.141 e. The number of benzene rings is 1. The van der Waals surface area contributed by atoms with Gasteiger partial charge in [-0.05, 0) is 30.7 Å². The van der Waals surface area contributed by atoms with Gasteiger partial charge in [0, 0.05) is 11.8 Å². The maximum atomic E-state index is 12.9. The lowest BCUT2D eigenvalue weighted by atomic mass is 10.1. The van der Waals surface area contributed by atoms with Crippen LogP contribution in [0.15, 0.2) is 36.7 Å². The minimum absolute atomic E-state index is 0.179. The Kier molecular flexibility index (Phi) is 4.35. The first-order valence-corrected chi connectivity index (χ1v) is 6.14. The third-order valence-electron chi connectivity index (χ3n) is 2.59. The molecule has 0 aliphatic carbocycles. The number of aliphatic hydroxyl groups excluding tert-OH is 1. The van der Waals surface area contributed by atoms with Crippen molar-refractivity contribution in [1.82, 2.24) is 4.98 Å². The smallest absolute Gasteiger partial charge is 0.141 e. The molecule has 0 saturated carbocycles. The number of hydrogen-bond acceptors (Lipinski definition) is 3. The number of halogens is 2. The third kappa shape index (κ3) is 3.66. The van der Waals surface area contributed by atoms with Crippen LogP contribution in [0.1, 0.15) is 24.2 Å². The summed E-state index contributed by atoms with van der Waals surface area (Å²) in [6.07, 6.45) is 2.08. The van der Waals surface area contributed by atoms with E-state index in [2.05, 4.69) is 4.98 Å². The van der Waals surface area contributed by atoms with Gasteiger partial charge in [0.1, 0.15) is 18.2 Å². The molecule has 0 aliphatic heterocycles. The van der Waals surface area contributed by atoms with Gasteiger partial charge in [0.2, 0.25) is 0 Å². The van der Waals surface area contributed by atoms with Gasteiger partial charge in [-0.2, -0.15) is 0 Å². The fraction of sp³-hybridized carbons (Fsp3) is 0.214. The van der Waals surface area contributed by atoms with Crippen molar-refractivity contribution in [2.75, 3.05) is 0 Å². The van der Waals surface area contributed by atoms with E-state index in [1.54, 1.807) is 25.1 Å². The summed E-state index contributed by atoms with van der Waals surface area (Å²) in [6, 6.07) is 6.41. The molecule has 1 aromatic carbocycles. The van der Waals surface area contributed by atoms with Gasteiger partial charge < -0.3 is 9.84 Å². The number of pyridine rings is 1. The number of ether oxygens (including phenoxy) is 1. The fourth-order valence-corrected chi connectivity index (χ4v) is 1.83. The summed E-state index contributed by atoms with van der Waals surface area (Å²) in [5, 5.41) is 9.83. The second kappa shape index (κ2) is 5.99.